The first-order chi connectivity index (χ1) is 12.2. The first-order valence-electron chi connectivity index (χ1n) is 8.02. The van der Waals surface area contributed by atoms with Crippen LogP contribution in [0.15, 0.2) is 35.8 Å². The molecule has 5 rings (SSSR count). The fourth-order valence-electron chi connectivity index (χ4n) is 3.19. The Morgan fingerprint density at radius 2 is 2.16 bits per heavy atom. The van der Waals surface area contributed by atoms with E-state index < -0.39 is 4.92 Å². The third-order valence-electron chi connectivity index (χ3n) is 4.40. The second kappa shape index (κ2) is 5.28. The molecule has 25 heavy (non-hydrogen) atoms. The Morgan fingerprint density at radius 1 is 1.32 bits per heavy atom. The minimum Gasteiger partial charge on any atom is -0.358 e. The van der Waals surface area contributed by atoms with Gasteiger partial charge in [0, 0.05) is 11.4 Å². The van der Waals surface area contributed by atoms with Crippen molar-refractivity contribution in [1.82, 2.24) is 18.9 Å². The number of nitro groups is 1. The maximum absolute atomic E-state index is 11.4. The van der Waals surface area contributed by atoms with Gasteiger partial charge in [0.15, 0.2) is 0 Å². The van der Waals surface area contributed by atoms with E-state index in [-0.39, 0.29) is 11.6 Å². The molecule has 1 aromatic carbocycles. The van der Waals surface area contributed by atoms with Crippen LogP contribution in [0.3, 0.4) is 0 Å². The monoisotopic (exact) mass is 354 g/mol. The molecular weight excluding hydrogens is 340 g/mol. The Labute approximate surface area is 145 Å². The first-order valence-corrected chi connectivity index (χ1v) is 8.90. The maximum Gasteiger partial charge on any atom is 0.372 e. The van der Waals surface area contributed by atoms with Gasteiger partial charge in [0.25, 0.3) is 4.96 Å². The lowest BCUT2D eigenvalue weighted by Crippen LogP contribution is -2.09. The van der Waals surface area contributed by atoms with E-state index in [2.05, 4.69) is 20.9 Å². The van der Waals surface area contributed by atoms with Crippen LogP contribution < -0.4 is 5.32 Å². The first kappa shape index (κ1) is 14.4. The van der Waals surface area contributed by atoms with Crippen molar-refractivity contribution in [1.29, 1.82) is 0 Å². The van der Waals surface area contributed by atoms with Crippen LogP contribution in [0.4, 0.5) is 11.6 Å². The fraction of sp³-hybridized carbons (Fsp3) is 0.250. The zero-order chi connectivity index (χ0) is 17.0. The fourth-order valence-corrected chi connectivity index (χ4v) is 3.90. The van der Waals surface area contributed by atoms with Gasteiger partial charge in [-0.05, 0) is 29.9 Å². The molecule has 0 bridgehead atoms. The van der Waals surface area contributed by atoms with Gasteiger partial charge < -0.3 is 20.0 Å². The van der Waals surface area contributed by atoms with Crippen LogP contribution in [0.2, 0.25) is 0 Å². The van der Waals surface area contributed by atoms with E-state index in [1.165, 1.54) is 15.7 Å². The summed E-state index contributed by atoms with van der Waals surface area (Å²) < 4.78 is 3.74. The quantitative estimate of drug-likeness (QED) is 0.437. The van der Waals surface area contributed by atoms with Gasteiger partial charge in [0.05, 0.1) is 17.6 Å². The smallest absolute Gasteiger partial charge is 0.358 e. The molecule has 1 aliphatic carbocycles. The summed E-state index contributed by atoms with van der Waals surface area (Å²) in [4.78, 5) is 20.7. The zero-order valence-electron chi connectivity index (χ0n) is 13.1. The summed E-state index contributed by atoms with van der Waals surface area (Å²) in [7, 11) is 0. The second-order valence-electron chi connectivity index (χ2n) is 6.07. The standard InChI is InChI=1S/C16H14N6O2S/c23-22(24)15-14(19-16-20(15)7-8-25-16)17-9-13-18-11-3-1-2-4-12(11)21(13)10-5-6-10/h1-4,7-8,10,17H,5-6,9H2. The predicted molar refractivity (Wildman–Crippen MR) is 95.1 cm³/mol. The second-order valence-corrected chi connectivity index (χ2v) is 6.94. The predicted octanol–water partition coefficient (Wildman–Crippen LogP) is 3.60. The summed E-state index contributed by atoms with van der Waals surface area (Å²) >= 11 is 1.37. The number of imidazole rings is 2. The van der Waals surface area contributed by atoms with Crippen molar-refractivity contribution in [2.24, 2.45) is 0 Å². The molecule has 0 spiro atoms. The van der Waals surface area contributed by atoms with Crippen molar-refractivity contribution >= 4 is 39.0 Å². The van der Waals surface area contributed by atoms with Crippen LogP contribution in [0, 0.1) is 10.1 Å². The average molecular weight is 354 g/mol. The van der Waals surface area contributed by atoms with Gasteiger partial charge in [-0.15, -0.1) is 0 Å². The molecule has 1 N–H and O–H groups in total. The van der Waals surface area contributed by atoms with E-state index >= 15 is 0 Å². The maximum atomic E-state index is 11.4. The van der Waals surface area contributed by atoms with Crippen molar-refractivity contribution < 1.29 is 4.92 Å². The Hall–Kier alpha value is -2.94. The highest BCUT2D eigenvalue weighted by atomic mass is 32.1. The third kappa shape index (κ3) is 2.27. The number of fused-ring (bicyclic) bond motifs is 2. The van der Waals surface area contributed by atoms with Crippen LogP contribution in [-0.2, 0) is 6.54 Å². The highest BCUT2D eigenvalue weighted by Crippen LogP contribution is 2.39. The van der Waals surface area contributed by atoms with E-state index in [1.807, 2.05) is 18.2 Å². The van der Waals surface area contributed by atoms with Crippen molar-refractivity contribution in [3.8, 4) is 0 Å². The zero-order valence-corrected chi connectivity index (χ0v) is 13.9. The summed E-state index contributed by atoms with van der Waals surface area (Å²) in [6.07, 6.45) is 3.96. The van der Waals surface area contributed by atoms with Gasteiger partial charge in [0.2, 0.25) is 5.82 Å². The van der Waals surface area contributed by atoms with Crippen molar-refractivity contribution in [3.63, 3.8) is 0 Å². The van der Waals surface area contributed by atoms with E-state index in [4.69, 9.17) is 4.98 Å². The summed E-state index contributed by atoms with van der Waals surface area (Å²) in [5.41, 5.74) is 2.06. The molecule has 0 aliphatic heterocycles. The van der Waals surface area contributed by atoms with E-state index in [0.717, 1.165) is 29.7 Å². The minimum atomic E-state index is -0.404. The largest absolute Gasteiger partial charge is 0.372 e. The number of nitrogens with one attached hydrogen (secondary N) is 1. The Bertz CT molecular complexity index is 1110. The molecule has 9 heteroatoms. The number of anilines is 1. The molecule has 1 fully saturated rings. The summed E-state index contributed by atoms with van der Waals surface area (Å²) in [5.74, 6) is 1.13. The van der Waals surface area contributed by atoms with Crippen molar-refractivity contribution in [3.05, 3.63) is 51.8 Å². The van der Waals surface area contributed by atoms with Crippen molar-refractivity contribution in [2.45, 2.75) is 25.4 Å². The number of hydrogen-bond donors (Lipinski definition) is 1. The Kier molecular flexibility index (Phi) is 3.04. The number of benzene rings is 1. The van der Waals surface area contributed by atoms with E-state index in [1.54, 1.807) is 11.6 Å². The molecule has 1 saturated carbocycles. The SMILES string of the molecule is O=[N+]([O-])c1c(NCc2nc3ccccc3n2C2CC2)nc2sccn12. The molecule has 3 aromatic heterocycles. The average Bonchev–Trinajstić information content (AvgIpc) is 3.06. The molecule has 0 atom stereocenters. The summed E-state index contributed by atoms with van der Waals surface area (Å²) in [6.45, 7) is 0.400. The van der Waals surface area contributed by atoms with Gasteiger partial charge in [-0.1, -0.05) is 23.5 Å². The van der Waals surface area contributed by atoms with E-state index in [9.17, 15) is 10.1 Å². The van der Waals surface area contributed by atoms with E-state index in [0.29, 0.717) is 17.5 Å². The Balaban J connectivity index is 1.52. The lowest BCUT2D eigenvalue weighted by Gasteiger charge is -2.08. The number of para-hydroxylation sites is 2. The normalized spacial score (nSPS) is 14.4. The van der Waals surface area contributed by atoms with Gasteiger partial charge in [-0.2, -0.15) is 9.38 Å². The molecule has 1 aliphatic rings. The lowest BCUT2D eigenvalue weighted by molar-refractivity contribution is -0.389. The lowest BCUT2D eigenvalue weighted by atomic mass is 10.3. The number of rotatable bonds is 5. The number of thiazole rings is 1. The highest BCUT2D eigenvalue weighted by molar-refractivity contribution is 7.15. The molecule has 0 saturated heterocycles. The molecular formula is C16H14N6O2S. The molecule has 0 unspecified atom stereocenters. The highest BCUT2D eigenvalue weighted by Gasteiger charge is 2.29. The topological polar surface area (TPSA) is 90.3 Å². The van der Waals surface area contributed by atoms with Gasteiger partial charge >= 0.3 is 5.82 Å². The summed E-state index contributed by atoms with van der Waals surface area (Å²) in [6, 6.07) is 8.52. The van der Waals surface area contributed by atoms with Crippen LogP contribution in [0.1, 0.15) is 24.7 Å². The van der Waals surface area contributed by atoms with Crippen LogP contribution >= 0.6 is 11.3 Å². The van der Waals surface area contributed by atoms with Crippen LogP contribution in [-0.4, -0.2) is 23.9 Å². The molecule has 8 nitrogen and oxygen atoms in total. The number of hydrogen-bond acceptors (Lipinski definition) is 6. The van der Waals surface area contributed by atoms with Gasteiger partial charge in [-0.25, -0.2) is 4.98 Å². The molecule has 126 valence electrons. The molecule has 4 aromatic rings. The summed E-state index contributed by atoms with van der Waals surface area (Å²) in [5, 5.41) is 16.3. The minimum absolute atomic E-state index is 0.0367. The van der Waals surface area contributed by atoms with Crippen molar-refractivity contribution in [2.75, 3.05) is 5.32 Å². The number of aromatic nitrogens is 4. The van der Waals surface area contributed by atoms with Crippen LogP contribution in [0.5, 0.6) is 0 Å². The number of nitrogens with zero attached hydrogens (tertiary/aromatic N) is 5. The van der Waals surface area contributed by atoms with Gasteiger partial charge in [0.1, 0.15) is 12.0 Å². The Morgan fingerprint density at radius 3 is 2.96 bits per heavy atom. The third-order valence-corrected chi connectivity index (χ3v) is 5.16. The molecule has 0 radical (unpaired) electrons. The van der Waals surface area contributed by atoms with Crippen LogP contribution in [0.25, 0.3) is 16.0 Å². The molecule has 0 amide bonds. The molecule has 3 heterocycles. The van der Waals surface area contributed by atoms with Gasteiger partial charge in [-0.3, -0.25) is 0 Å².